The summed E-state index contributed by atoms with van der Waals surface area (Å²) in [6.45, 7) is 0.489. The first-order chi connectivity index (χ1) is 9.47. The number of pyridine rings is 1. The van der Waals surface area contributed by atoms with Gasteiger partial charge in [-0.2, -0.15) is 0 Å². The second-order valence-corrected chi connectivity index (χ2v) is 5.75. The number of nitrogens with two attached hydrogens (primary N) is 1. The number of primary sulfonamides is 1. The van der Waals surface area contributed by atoms with Crippen LogP contribution >= 0.6 is 0 Å². The minimum atomic E-state index is -3.88. The molecule has 7 heteroatoms. The van der Waals surface area contributed by atoms with E-state index in [1.807, 2.05) is 18.2 Å². The Morgan fingerprint density at radius 3 is 2.65 bits per heavy atom. The normalized spacial score (nSPS) is 11.3. The number of rotatable bonds is 5. The fraction of sp³-hybridized carbons (Fsp3) is 0.154. The first kappa shape index (κ1) is 14.4. The Morgan fingerprint density at radius 2 is 2.05 bits per heavy atom. The third kappa shape index (κ3) is 3.75. The van der Waals surface area contributed by atoms with Crippen LogP contribution in [0.4, 0.5) is 10.1 Å². The van der Waals surface area contributed by atoms with Gasteiger partial charge in [-0.05, 0) is 30.3 Å². The molecule has 1 aromatic carbocycles. The maximum Gasteiger partial charge on any atom is 0.238 e. The van der Waals surface area contributed by atoms with Crippen LogP contribution in [0.3, 0.4) is 0 Å². The zero-order valence-corrected chi connectivity index (χ0v) is 11.4. The van der Waals surface area contributed by atoms with Gasteiger partial charge in [0.2, 0.25) is 10.0 Å². The maximum absolute atomic E-state index is 13.7. The van der Waals surface area contributed by atoms with Gasteiger partial charge in [0.25, 0.3) is 0 Å². The SMILES string of the molecule is NS(=O)(=O)c1ccc(NCCc2ccccn2)c(F)c1. The van der Waals surface area contributed by atoms with Crippen molar-refractivity contribution in [2.24, 2.45) is 5.14 Å². The molecule has 1 aromatic heterocycles. The Morgan fingerprint density at radius 1 is 1.25 bits per heavy atom. The van der Waals surface area contributed by atoms with Crippen LogP contribution in [0.2, 0.25) is 0 Å². The highest BCUT2D eigenvalue weighted by Crippen LogP contribution is 2.18. The highest BCUT2D eigenvalue weighted by atomic mass is 32.2. The van der Waals surface area contributed by atoms with Gasteiger partial charge in [-0.1, -0.05) is 6.07 Å². The van der Waals surface area contributed by atoms with E-state index in [1.165, 1.54) is 12.1 Å². The molecule has 20 heavy (non-hydrogen) atoms. The van der Waals surface area contributed by atoms with Gasteiger partial charge in [-0.3, -0.25) is 4.98 Å². The molecule has 0 radical (unpaired) electrons. The quantitative estimate of drug-likeness (QED) is 0.876. The van der Waals surface area contributed by atoms with Gasteiger partial charge in [0.05, 0.1) is 10.6 Å². The van der Waals surface area contributed by atoms with Gasteiger partial charge < -0.3 is 5.32 Å². The van der Waals surface area contributed by atoms with Crippen molar-refractivity contribution >= 4 is 15.7 Å². The summed E-state index contributed by atoms with van der Waals surface area (Å²) in [6.07, 6.45) is 2.33. The maximum atomic E-state index is 13.7. The molecule has 0 aliphatic rings. The summed E-state index contributed by atoms with van der Waals surface area (Å²) in [5, 5.41) is 7.82. The van der Waals surface area contributed by atoms with Crippen LogP contribution in [0.15, 0.2) is 47.5 Å². The molecule has 106 valence electrons. The van der Waals surface area contributed by atoms with Gasteiger partial charge >= 0.3 is 0 Å². The van der Waals surface area contributed by atoms with Gasteiger partial charge in [0, 0.05) is 24.9 Å². The van der Waals surface area contributed by atoms with Crippen molar-refractivity contribution in [3.63, 3.8) is 0 Å². The molecule has 0 saturated carbocycles. The lowest BCUT2D eigenvalue weighted by Crippen LogP contribution is -2.13. The van der Waals surface area contributed by atoms with Gasteiger partial charge in [-0.15, -0.1) is 0 Å². The van der Waals surface area contributed by atoms with Gasteiger partial charge in [0.15, 0.2) is 0 Å². The smallest absolute Gasteiger partial charge is 0.238 e. The molecule has 2 rings (SSSR count). The Hall–Kier alpha value is -1.99. The summed E-state index contributed by atoms with van der Waals surface area (Å²) >= 11 is 0. The van der Waals surface area contributed by atoms with Crippen LogP contribution in [0.5, 0.6) is 0 Å². The second-order valence-electron chi connectivity index (χ2n) is 4.18. The van der Waals surface area contributed by atoms with E-state index in [2.05, 4.69) is 10.3 Å². The molecule has 0 amide bonds. The molecule has 0 atom stereocenters. The number of halogens is 1. The molecule has 0 unspecified atom stereocenters. The second kappa shape index (κ2) is 5.98. The Labute approximate surface area is 116 Å². The number of hydrogen-bond donors (Lipinski definition) is 2. The molecule has 5 nitrogen and oxygen atoms in total. The average Bonchev–Trinajstić information content (AvgIpc) is 2.40. The molecule has 0 aliphatic heterocycles. The molecule has 0 saturated heterocycles. The zero-order chi connectivity index (χ0) is 14.6. The number of nitrogens with one attached hydrogen (secondary N) is 1. The summed E-state index contributed by atoms with van der Waals surface area (Å²) in [6, 6.07) is 9.10. The van der Waals surface area contributed by atoms with Crippen LogP contribution in [-0.2, 0) is 16.4 Å². The predicted octanol–water partition coefficient (Wildman–Crippen LogP) is 1.52. The van der Waals surface area contributed by atoms with E-state index in [4.69, 9.17) is 5.14 Å². The van der Waals surface area contributed by atoms with Crippen molar-refractivity contribution < 1.29 is 12.8 Å². The minimum Gasteiger partial charge on any atom is -0.382 e. The highest BCUT2D eigenvalue weighted by Gasteiger charge is 2.11. The third-order valence-electron chi connectivity index (χ3n) is 2.69. The summed E-state index contributed by atoms with van der Waals surface area (Å²) in [7, 11) is -3.88. The van der Waals surface area contributed by atoms with Crippen LogP contribution in [0, 0.1) is 5.82 Å². The lowest BCUT2D eigenvalue weighted by Gasteiger charge is -2.08. The fourth-order valence-corrected chi connectivity index (χ4v) is 2.21. The van der Waals surface area contributed by atoms with Gasteiger partial charge in [0.1, 0.15) is 5.82 Å². The van der Waals surface area contributed by atoms with Crippen molar-refractivity contribution in [1.29, 1.82) is 0 Å². The van der Waals surface area contributed by atoms with Crippen molar-refractivity contribution in [1.82, 2.24) is 4.98 Å². The molecule has 0 bridgehead atoms. The van der Waals surface area contributed by atoms with E-state index in [-0.39, 0.29) is 10.6 Å². The molecule has 1 heterocycles. The van der Waals surface area contributed by atoms with Crippen LogP contribution < -0.4 is 10.5 Å². The fourth-order valence-electron chi connectivity index (χ4n) is 1.69. The van der Waals surface area contributed by atoms with Crippen molar-refractivity contribution in [2.75, 3.05) is 11.9 Å². The monoisotopic (exact) mass is 295 g/mol. The number of aromatic nitrogens is 1. The molecular formula is C13H14FN3O2S. The summed E-state index contributed by atoms with van der Waals surface area (Å²) in [5.41, 5.74) is 1.12. The molecule has 0 fully saturated rings. The van der Waals surface area contributed by atoms with Crippen molar-refractivity contribution in [2.45, 2.75) is 11.3 Å². The van der Waals surface area contributed by atoms with Gasteiger partial charge in [-0.25, -0.2) is 17.9 Å². The van der Waals surface area contributed by atoms with E-state index in [0.29, 0.717) is 13.0 Å². The van der Waals surface area contributed by atoms with Crippen LogP contribution in [0.1, 0.15) is 5.69 Å². The lowest BCUT2D eigenvalue weighted by atomic mass is 10.2. The summed E-state index contributed by atoms with van der Waals surface area (Å²) in [4.78, 5) is 3.90. The van der Waals surface area contributed by atoms with E-state index in [1.54, 1.807) is 6.20 Å². The first-order valence-corrected chi connectivity index (χ1v) is 7.47. The number of benzene rings is 1. The molecule has 0 spiro atoms. The highest BCUT2D eigenvalue weighted by molar-refractivity contribution is 7.89. The molecule has 0 aliphatic carbocycles. The summed E-state index contributed by atoms with van der Waals surface area (Å²) < 4.78 is 35.9. The van der Waals surface area contributed by atoms with E-state index in [9.17, 15) is 12.8 Å². The Bertz CT molecular complexity index is 690. The lowest BCUT2D eigenvalue weighted by molar-refractivity contribution is 0.593. The number of nitrogens with zero attached hydrogens (tertiary/aromatic N) is 1. The van der Waals surface area contributed by atoms with Crippen LogP contribution in [-0.4, -0.2) is 19.9 Å². The number of sulfonamides is 1. The first-order valence-electron chi connectivity index (χ1n) is 5.93. The van der Waals surface area contributed by atoms with Crippen molar-refractivity contribution in [3.05, 3.63) is 54.1 Å². The standard InChI is InChI=1S/C13H14FN3O2S/c14-12-9-11(20(15,18)19)4-5-13(12)17-8-6-10-3-1-2-7-16-10/h1-5,7,9,17H,6,8H2,(H2,15,18,19). The van der Waals surface area contributed by atoms with Crippen molar-refractivity contribution in [3.8, 4) is 0 Å². The molecule has 2 aromatic rings. The Kier molecular flexibility index (Phi) is 4.31. The van der Waals surface area contributed by atoms with E-state index < -0.39 is 15.8 Å². The topological polar surface area (TPSA) is 85.1 Å². The molecule has 3 N–H and O–H groups in total. The average molecular weight is 295 g/mol. The number of hydrogen-bond acceptors (Lipinski definition) is 4. The zero-order valence-electron chi connectivity index (χ0n) is 10.6. The minimum absolute atomic E-state index is 0.230. The van der Waals surface area contributed by atoms with E-state index in [0.717, 1.165) is 11.8 Å². The molecular weight excluding hydrogens is 281 g/mol. The third-order valence-corrected chi connectivity index (χ3v) is 3.60. The summed E-state index contributed by atoms with van der Waals surface area (Å²) in [5.74, 6) is -0.655. The van der Waals surface area contributed by atoms with Crippen LogP contribution in [0.25, 0.3) is 0 Å². The van der Waals surface area contributed by atoms with E-state index >= 15 is 0 Å². The largest absolute Gasteiger partial charge is 0.382 e. The predicted molar refractivity (Wildman–Crippen MR) is 74.2 cm³/mol. The Balaban J connectivity index is 2.00. The number of anilines is 1.